The standard InChI is InChI=1S/C23H17N7O3S2/c1-13-9-16(14(2)28(13)17-6-3-5-15(10-17)21-24-26-27-25-21)11-20-22(31)29(23(34)35-20)18-7-4-8-19(12-18)30(32)33/h3-12H,1-2H3,(H,24,25,26,27)/b20-11-. The number of hydrogen-bond acceptors (Lipinski definition) is 8. The van der Waals surface area contributed by atoms with Gasteiger partial charge in [0.25, 0.3) is 11.6 Å². The van der Waals surface area contributed by atoms with Crippen molar-refractivity contribution >= 4 is 51.7 Å². The van der Waals surface area contributed by atoms with Gasteiger partial charge in [0, 0.05) is 34.8 Å². The number of aromatic nitrogens is 5. The molecular weight excluding hydrogens is 486 g/mol. The Morgan fingerprint density at radius 1 is 1.11 bits per heavy atom. The second-order valence-electron chi connectivity index (χ2n) is 7.74. The fourth-order valence-electron chi connectivity index (χ4n) is 3.98. The molecule has 12 heteroatoms. The third-order valence-corrected chi connectivity index (χ3v) is 6.86. The van der Waals surface area contributed by atoms with E-state index < -0.39 is 4.92 Å². The maximum absolute atomic E-state index is 13.2. The number of thiocarbonyl (C=S) groups is 1. The van der Waals surface area contributed by atoms with Gasteiger partial charge >= 0.3 is 0 Å². The summed E-state index contributed by atoms with van der Waals surface area (Å²) in [6.07, 6.45) is 1.80. The van der Waals surface area contributed by atoms with E-state index in [2.05, 4.69) is 25.2 Å². The molecule has 0 unspecified atom stereocenters. The number of nitrogens with one attached hydrogen (secondary N) is 1. The maximum Gasteiger partial charge on any atom is 0.271 e. The number of nitro groups is 1. The van der Waals surface area contributed by atoms with Crippen molar-refractivity contribution in [2.75, 3.05) is 4.90 Å². The number of amides is 1. The van der Waals surface area contributed by atoms with Gasteiger partial charge in [-0.3, -0.25) is 19.8 Å². The van der Waals surface area contributed by atoms with E-state index in [0.29, 0.717) is 20.7 Å². The van der Waals surface area contributed by atoms with Gasteiger partial charge in [-0.15, -0.1) is 10.2 Å². The Morgan fingerprint density at radius 2 is 1.89 bits per heavy atom. The summed E-state index contributed by atoms with van der Waals surface area (Å²) in [6.45, 7) is 3.96. The molecule has 0 atom stereocenters. The molecule has 2 aromatic carbocycles. The van der Waals surface area contributed by atoms with Gasteiger partial charge in [0.05, 0.1) is 15.5 Å². The highest BCUT2D eigenvalue weighted by molar-refractivity contribution is 8.27. The molecule has 1 aliphatic rings. The fraction of sp³-hybridized carbons (Fsp3) is 0.0870. The molecule has 0 bridgehead atoms. The topological polar surface area (TPSA) is 123 Å². The number of rotatable bonds is 5. The number of benzene rings is 2. The summed E-state index contributed by atoms with van der Waals surface area (Å²) in [6, 6.07) is 15.7. The summed E-state index contributed by atoms with van der Waals surface area (Å²) in [5.74, 6) is 0.184. The minimum atomic E-state index is -0.500. The first kappa shape index (κ1) is 22.6. The molecule has 0 spiro atoms. The lowest BCUT2D eigenvalue weighted by Gasteiger charge is -2.14. The van der Waals surface area contributed by atoms with Crippen LogP contribution in [0.3, 0.4) is 0 Å². The number of anilines is 1. The Morgan fingerprint density at radius 3 is 2.63 bits per heavy atom. The molecule has 4 aromatic rings. The first-order chi connectivity index (χ1) is 16.8. The van der Waals surface area contributed by atoms with Crippen molar-refractivity contribution in [1.82, 2.24) is 25.2 Å². The van der Waals surface area contributed by atoms with E-state index in [-0.39, 0.29) is 11.6 Å². The van der Waals surface area contributed by atoms with E-state index in [0.717, 1.165) is 28.2 Å². The van der Waals surface area contributed by atoms with Crippen molar-refractivity contribution < 1.29 is 9.72 Å². The Labute approximate surface area is 208 Å². The maximum atomic E-state index is 13.2. The number of tetrazole rings is 1. The highest BCUT2D eigenvalue weighted by Gasteiger charge is 2.34. The number of H-pyrrole nitrogens is 1. The number of carbonyl (C=O) groups is 1. The molecule has 10 nitrogen and oxygen atoms in total. The van der Waals surface area contributed by atoms with Crippen LogP contribution >= 0.6 is 24.0 Å². The average Bonchev–Trinajstić information content (AvgIpc) is 3.54. The highest BCUT2D eigenvalue weighted by atomic mass is 32.2. The number of aromatic amines is 1. The Balaban J connectivity index is 1.49. The van der Waals surface area contributed by atoms with Gasteiger partial charge in [-0.05, 0) is 55.0 Å². The lowest BCUT2D eigenvalue weighted by atomic mass is 10.2. The minimum Gasteiger partial charge on any atom is -0.318 e. The van der Waals surface area contributed by atoms with Gasteiger partial charge < -0.3 is 4.57 Å². The van der Waals surface area contributed by atoms with Crippen molar-refractivity contribution in [3.05, 3.63) is 86.6 Å². The third-order valence-electron chi connectivity index (χ3n) is 5.56. The Hall–Kier alpha value is -4.16. The smallest absolute Gasteiger partial charge is 0.271 e. The molecule has 0 radical (unpaired) electrons. The number of thioether (sulfide) groups is 1. The molecule has 1 saturated heterocycles. The number of nitro benzene ring substituents is 1. The predicted octanol–water partition coefficient (Wildman–Crippen LogP) is 4.59. The van der Waals surface area contributed by atoms with Crippen LogP contribution in [0.5, 0.6) is 0 Å². The third kappa shape index (κ3) is 4.13. The van der Waals surface area contributed by atoms with E-state index in [1.807, 2.05) is 44.2 Å². The second-order valence-corrected chi connectivity index (χ2v) is 9.42. The van der Waals surface area contributed by atoms with E-state index >= 15 is 0 Å². The Kier molecular flexibility index (Phi) is 5.75. The zero-order valence-corrected chi connectivity index (χ0v) is 20.1. The monoisotopic (exact) mass is 503 g/mol. The molecule has 1 fully saturated rings. The molecule has 0 aliphatic carbocycles. The number of nitrogens with zero attached hydrogens (tertiary/aromatic N) is 6. The fourth-order valence-corrected chi connectivity index (χ4v) is 5.27. The first-order valence-electron chi connectivity index (χ1n) is 10.4. The summed E-state index contributed by atoms with van der Waals surface area (Å²) in [5, 5.41) is 25.3. The molecule has 1 aliphatic heterocycles. The summed E-state index contributed by atoms with van der Waals surface area (Å²) >= 11 is 6.60. The predicted molar refractivity (Wildman–Crippen MR) is 137 cm³/mol. The van der Waals surface area contributed by atoms with Crippen molar-refractivity contribution in [2.24, 2.45) is 0 Å². The lowest BCUT2D eigenvalue weighted by Crippen LogP contribution is -2.27. The molecule has 5 rings (SSSR count). The molecule has 174 valence electrons. The van der Waals surface area contributed by atoms with Crippen molar-refractivity contribution in [3.63, 3.8) is 0 Å². The largest absolute Gasteiger partial charge is 0.318 e. The molecule has 0 saturated carbocycles. The molecule has 2 aromatic heterocycles. The van der Waals surface area contributed by atoms with Crippen LogP contribution in [0.4, 0.5) is 11.4 Å². The van der Waals surface area contributed by atoms with Crippen LogP contribution in [0, 0.1) is 24.0 Å². The molecule has 35 heavy (non-hydrogen) atoms. The number of aryl methyl sites for hydroxylation is 1. The van der Waals surface area contributed by atoms with Gasteiger partial charge in [-0.25, -0.2) is 0 Å². The van der Waals surface area contributed by atoms with Gasteiger partial charge in [-0.1, -0.05) is 42.2 Å². The van der Waals surface area contributed by atoms with Crippen LogP contribution in [0.25, 0.3) is 23.2 Å². The summed E-state index contributed by atoms with van der Waals surface area (Å²) < 4.78 is 2.40. The zero-order chi connectivity index (χ0) is 24.7. The average molecular weight is 504 g/mol. The first-order valence-corrected chi connectivity index (χ1v) is 11.6. The van der Waals surface area contributed by atoms with Crippen molar-refractivity contribution in [2.45, 2.75) is 13.8 Å². The summed E-state index contributed by atoms with van der Waals surface area (Å²) in [5.41, 5.74) is 4.80. The normalized spacial score (nSPS) is 14.8. The molecule has 3 heterocycles. The SMILES string of the molecule is Cc1cc(/C=C2\SC(=S)N(c3cccc([N+](=O)[O-])c3)C2=O)c(C)n1-c1cccc(-c2nn[nH]n2)c1. The Bertz CT molecular complexity index is 1530. The number of non-ortho nitro benzene ring substituents is 1. The molecular formula is C23H17N7O3S2. The molecule has 1 N–H and O–H groups in total. The van der Waals surface area contributed by atoms with Gasteiger partial charge in [0.15, 0.2) is 4.32 Å². The van der Waals surface area contributed by atoms with Gasteiger partial charge in [0.2, 0.25) is 5.82 Å². The van der Waals surface area contributed by atoms with Gasteiger partial charge in [-0.2, -0.15) is 5.21 Å². The van der Waals surface area contributed by atoms with Gasteiger partial charge in [0.1, 0.15) is 0 Å². The van der Waals surface area contributed by atoms with Crippen LogP contribution in [0.15, 0.2) is 59.5 Å². The van der Waals surface area contributed by atoms with E-state index in [1.165, 1.54) is 34.9 Å². The van der Waals surface area contributed by atoms with E-state index in [9.17, 15) is 14.9 Å². The van der Waals surface area contributed by atoms with Crippen LogP contribution < -0.4 is 4.90 Å². The highest BCUT2D eigenvalue weighted by Crippen LogP contribution is 2.38. The quantitative estimate of drug-likeness (QED) is 0.182. The van der Waals surface area contributed by atoms with E-state index in [4.69, 9.17) is 12.2 Å². The minimum absolute atomic E-state index is 0.105. The van der Waals surface area contributed by atoms with Crippen molar-refractivity contribution in [3.8, 4) is 17.1 Å². The van der Waals surface area contributed by atoms with Crippen LogP contribution in [-0.4, -0.2) is 40.3 Å². The zero-order valence-electron chi connectivity index (χ0n) is 18.5. The lowest BCUT2D eigenvalue weighted by molar-refractivity contribution is -0.384. The van der Waals surface area contributed by atoms with Crippen LogP contribution in [-0.2, 0) is 4.79 Å². The van der Waals surface area contributed by atoms with Crippen LogP contribution in [0.2, 0.25) is 0 Å². The van der Waals surface area contributed by atoms with Crippen LogP contribution in [0.1, 0.15) is 17.0 Å². The van der Waals surface area contributed by atoms with E-state index in [1.54, 1.807) is 12.1 Å². The van der Waals surface area contributed by atoms with Crippen molar-refractivity contribution in [1.29, 1.82) is 0 Å². The number of hydrogen-bond donors (Lipinski definition) is 1. The molecule has 1 amide bonds. The number of carbonyl (C=O) groups excluding carboxylic acids is 1. The summed E-state index contributed by atoms with van der Waals surface area (Å²) in [7, 11) is 0. The second kappa shape index (κ2) is 8.89. The summed E-state index contributed by atoms with van der Waals surface area (Å²) in [4.78, 5) is 25.6.